The highest BCUT2D eigenvalue weighted by atomic mass is 32.2. The summed E-state index contributed by atoms with van der Waals surface area (Å²) in [5.41, 5.74) is 3.39. The summed E-state index contributed by atoms with van der Waals surface area (Å²) in [4.78, 5) is 64.7. The number of nitrogens with one attached hydrogen (secondary N) is 2. The fourth-order valence-corrected chi connectivity index (χ4v) is 10.2. The summed E-state index contributed by atoms with van der Waals surface area (Å²) in [5.74, 6) is 5.37. The lowest BCUT2D eigenvalue weighted by molar-refractivity contribution is -0.137. The van der Waals surface area contributed by atoms with E-state index in [0.29, 0.717) is 41.5 Å². The van der Waals surface area contributed by atoms with Crippen molar-refractivity contribution < 1.29 is 36.9 Å². The number of fused-ring (bicyclic) bond motifs is 1. The summed E-state index contributed by atoms with van der Waals surface area (Å²) in [6.07, 6.45) is 8.34. The van der Waals surface area contributed by atoms with Gasteiger partial charge in [0.2, 0.25) is 11.8 Å². The van der Waals surface area contributed by atoms with Gasteiger partial charge in [-0.15, -0.1) is 0 Å². The molecule has 4 aromatic rings. The summed E-state index contributed by atoms with van der Waals surface area (Å²) < 4.78 is 51.5. The molecule has 0 aliphatic carbocycles. The molecule has 3 saturated heterocycles. The highest BCUT2D eigenvalue weighted by Crippen LogP contribution is 2.34. The van der Waals surface area contributed by atoms with Gasteiger partial charge in [-0.25, -0.2) is 23.0 Å². The van der Waals surface area contributed by atoms with Gasteiger partial charge in [0.15, 0.2) is 0 Å². The Kier molecular flexibility index (Phi) is 12.9. The number of halogens is 2. The summed E-state index contributed by atoms with van der Waals surface area (Å²) in [5, 5.41) is 5.37. The van der Waals surface area contributed by atoms with Crippen molar-refractivity contribution >= 4 is 45.0 Å². The van der Waals surface area contributed by atoms with Crippen LogP contribution in [0.2, 0.25) is 0 Å². The minimum atomic E-state index is -2.93. The van der Waals surface area contributed by atoms with Gasteiger partial charge in [0.05, 0.1) is 35.3 Å². The number of methoxy groups -OCH3 is 1. The van der Waals surface area contributed by atoms with Crippen molar-refractivity contribution in [1.29, 1.82) is 0 Å². The number of hydrogen-bond donors (Lipinski definition) is 2. The average molecular weight is 879 g/mol. The van der Waals surface area contributed by atoms with Crippen LogP contribution in [0.4, 0.5) is 20.4 Å². The molecule has 4 aliphatic rings. The van der Waals surface area contributed by atoms with E-state index >= 15 is 0 Å². The Hall–Kier alpha value is -6.09. The second-order valence-electron chi connectivity index (χ2n) is 16.5. The molecule has 2 aromatic heterocycles. The maximum absolute atomic E-state index is 14.8. The lowest BCUT2D eigenvalue weighted by Crippen LogP contribution is -2.52. The Morgan fingerprint density at radius 2 is 1.70 bits per heavy atom. The van der Waals surface area contributed by atoms with Crippen molar-refractivity contribution in [2.24, 2.45) is 10.3 Å². The van der Waals surface area contributed by atoms with Gasteiger partial charge in [-0.05, 0) is 105 Å². The summed E-state index contributed by atoms with van der Waals surface area (Å²) in [7, 11) is -1.55. The number of anilines is 2. The SMILES string of the molecule is COc1cc(F)ccc1-c1cc(Nc2cc(CS(C)(=O)=NC(=O)CN3CCC(N4CCC(C#Cc5ccc6c(c5)CN(C5CCC(=O)NC5=O)C6=O)CC4)CC3)ccn2)ncc1F. The number of benzene rings is 2. The first kappa shape index (κ1) is 43.6. The number of piperidine rings is 3. The number of rotatable bonds is 10. The van der Waals surface area contributed by atoms with Gasteiger partial charge in [0.1, 0.15) is 35.1 Å². The number of aromatic nitrogens is 2. The van der Waals surface area contributed by atoms with E-state index in [4.69, 9.17) is 4.74 Å². The fourth-order valence-electron chi connectivity index (χ4n) is 8.83. The van der Waals surface area contributed by atoms with Crippen molar-refractivity contribution in [3.63, 3.8) is 0 Å². The zero-order valence-electron chi connectivity index (χ0n) is 35.1. The van der Waals surface area contributed by atoms with E-state index in [0.717, 1.165) is 69.2 Å². The monoisotopic (exact) mass is 878 g/mol. The van der Waals surface area contributed by atoms with Crippen LogP contribution >= 0.6 is 0 Å². The van der Waals surface area contributed by atoms with Crippen LogP contribution in [0.25, 0.3) is 11.1 Å². The van der Waals surface area contributed by atoms with Gasteiger partial charge in [-0.3, -0.25) is 29.4 Å². The molecule has 2 atom stereocenters. The molecule has 0 spiro atoms. The number of ether oxygens (including phenoxy) is 1. The second-order valence-corrected chi connectivity index (χ2v) is 18.9. The summed E-state index contributed by atoms with van der Waals surface area (Å²) in [6, 6.07) is 14.0. The first-order valence-corrected chi connectivity index (χ1v) is 23.1. The molecule has 0 radical (unpaired) electrons. The van der Waals surface area contributed by atoms with E-state index in [1.54, 1.807) is 23.1 Å². The minimum Gasteiger partial charge on any atom is -0.496 e. The molecule has 328 valence electrons. The first-order chi connectivity index (χ1) is 30.3. The molecule has 6 heterocycles. The molecule has 3 fully saturated rings. The Labute approximate surface area is 365 Å². The Balaban J connectivity index is 0.787. The van der Waals surface area contributed by atoms with Crippen LogP contribution in [0.1, 0.15) is 65.6 Å². The van der Waals surface area contributed by atoms with Gasteiger partial charge in [-0.2, -0.15) is 4.36 Å². The van der Waals surface area contributed by atoms with Crippen LogP contribution in [0, 0.1) is 29.4 Å². The highest BCUT2D eigenvalue weighted by Gasteiger charge is 2.39. The number of hydrogen-bond acceptors (Lipinski definition) is 11. The predicted octanol–water partition coefficient (Wildman–Crippen LogP) is 5.29. The van der Waals surface area contributed by atoms with E-state index in [1.165, 1.54) is 43.8 Å². The zero-order chi connectivity index (χ0) is 44.3. The molecule has 2 unspecified atom stereocenters. The first-order valence-electron chi connectivity index (χ1n) is 21.0. The van der Waals surface area contributed by atoms with Crippen LogP contribution < -0.4 is 15.4 Å². The maximum Gasteiger partial charge on any atom is 0.267 e. The van der Waals surface area contributed by atoms with Crippen molar-refractivity contribution in [2.75, 3.05) is 51.4 Å². The maximum atomic E-state index is 14.8. The molecule has 4 amide bonds. The zero-order valence-corrected chi connectivity index (χ0v) is 35.9. The summed E-state index contributed by atoms with van der Waals surface area (Å²) in [6.45, 7) is 3.78. The molecular weight excluding hydrogens is 831 g/mol. The van der Waals surface area contributed by atoms with E-state index in [-0.39, 0.29) is 53.6 Å². The topological polar surface area (TPSA) is 166 Å². The molecule has 4 aliphatic heterocycles. The standard InChI is InChI=1S/C46H48F2N8O6S/c1-62-40-23-33(47)6-8-36(40)37-24-42(50-25-38(37)48)51-41-22-31(11-16-49-41)28-63(2,61)53-44(58)27-54-17-14-34(15-18-54)55-19-12-29(13-20-55)3-4-30-5-7-35-32(21-30)26-56(46(35)60)39-9-10-43(57)52-45(39)59/h5-8,11,16,21-25,29,34,39H,9-10,12-15,17-20,26-28H2,1-2H3,(H,49,50,51)(H,52,57,59). The lowest BCUT2D eigenvalue weighted by atomic mass is 9.93. The number of carbonyl (C=O) groups excluding carboxylic acids is 4. The summed E-state index contributed by atoms with van der Waals surface area (Å²) >= 11 is 0. The molecule has 63 heavy (non-hydrogen) atoms. The molecule has 2 N–H and O–H groups in total. The van der Waals surface area contributed by atoms with Crippen molar-refractivity contribution in [3.05, 3.63) is 101 Å². The van der Waals surface area contributed by atoms with E-state index in [1.807, 2.05) is 12.1 Å². The highest BCUT2D eigenvalue weighted by molar-refractivity contribution is 7.92. The third-order valence-corrected chi connectivity index (χ3v) is 13.5. The van der Waals surface area contributed by atoms with E-state index in [9.17, 15) is 32.2 Å². The third kappa shape index (κ3) is 10.4. The lowest BCUT2D eigenvalue weighted by Gasteiger charge is -2.40. The van der Waals surface area contributed by atoms with E-state index < -0.39 is 39.2 Å². The third-order valence-electron chi connectivity index (χ3n) is 12.0. The number of amides is 4. The molecule has 0 saturated carbocycles. The Bertz CT molecular complexity index is 2640. The van der Waals surface area contributed by atoms with Crippen molar-refractivity contribution in [3.8, 4) is 28.7 Å². The van der Waals surface area contributed by atoms with Gasteiger partial charge in [0.25, 0.3) is 11.8 Å². The molecule has 8 rings (SSSR count). The molecule has 2 aromatic carbocycles. The number of likely N-dealkylation sites (tertiary alicyclic amines) is 2. The smallest absolute Gasteiger partial charge is 0.267 e. The number of pyridine rings is 2. The van der Waals surface area contributed by atoms with Crippen LogP contribution in [0.3, 0.4) is 0 Å². The number of nitrogens with zero attached hydrogens (tertiary/aromatic N) is 6. The molecule has 0 bridgehead atoms. The Morgan fingerprint density at radius 1 is 0.937 bits per heavy atom. The van der Waals surface area contributed by atoms with Crippen LogP contribution in [0.15, 0.2) is 71.4 Å². The van der Waals surface area contributed by atoms with Gasteiger partial charge in [0, 0.05) is 78.8 Å². The number of carbonyl (C=O) groups is 4. The molecule has 14 nitrogen and oxygen atoms in total. The molecule has 17 heteroatoms. The van der Waals surface area contributed by atoms with Crippen molar-refractivity contribution in [2.45, 2.75) is 62.9 Å². The van der Waals surface area contributed by atoms with Crippen LogP contribution in [-0.4, -0.2) is 111 Å². The van der Waals surface area contributed by atoms with Gasteiger partial charge < -0.3 is 19.9 Å². The van der Waals surface area contributed by atoms with Crippen LogP contribution in [-0.2, 0) is 36.4 Å². The van der Waals surface area contributed by atoms with Crippen LogP contribution in [0.5, 0.6) is 5.75 Å². The van der Waals surface area contributed by atoms with E-state index in [2.05, 4.69) is 46.6 Å². The normalized spacial score (nSPS) is 19.7. The van der Waals surface area contributed by atoms with Gasteiger partial charge in [-0.1, -0.05) is 11.8 Å². The second kappa shape index (κ2) is 18.7. The fraction of sp³-hybridized carbons (Fsp3) is 0.391. The largest absolute Gasteiger partial charge is 0.496 e. The Morgan fingerprint density at radius 3 is 2.46 bits per heavy atom. The average Bonchev–Trinajstić information content (AvgIpc) is 3.58. The van der Waals surface area contributed by atoms with Gasteiger partial charge >= 0.3 is 0 Å². The number of imide groups is 1. The molecular formula is C46H48F2N8O6S. The minimum absolute atomic E-state index is 0.0206. The quantitative estimate of drug-likeness (QED) is 0.157. The predicted molar refractivity (Wildman–Crippen MR) is 232 cm³/mol. The van der Waals surface area contributed by atoms with Crippen molar-refractivity contribution in [1.82, 2.24) is 30.0 Å².